The molecule has 2 heterocycles. The van der Waals surface area contributed by atoms with Crippen molar-refractivity contribution in [1.82, 2.24) is 9.78 Å². The lowest BCUT2D eigenvalue weighted by Gasteiger charge is -2.32. The van der Waals surface area contributed by atoms with Crippen LogP contribution in [-0.2, 0) is 16.4 Å². The van der Waals surface area contributed by atoms with Gasteiger partial charge < -0.3 is 9.31 Å². The van der Waals surface area contributed by atoms with Crippen molar-refractivity contribution in [3.05, 3.63) is 18.0 Å². The minimum atomic E-state index is -0.225. The van der Waals surface area contributed by atoms with Gasteiger partial charge in [-0.1, -0.05) is 0 Å². The summed E-state index contributed by atoms with van der Waals surface area (Å²) in [6.45, 7) is 8.42. The molecule has 0 aromatic carbocycles. The van der Waals surface area contributed by atoms with Crippen molar-refractivity contribution in [3.8, 4) is 0 Å². The third-order valence-corrected chi connectivity index (χ3v) is 4.70. The predicted molar refractivity (Wildman–Crippen MR) is 70.4 cm³/mol. The Hall–Kier alpha value is -0.805. The summed E-state index contributed by atoms with van der Waals surface area (Å²) in [7, 11) is 1.92. The molecule has 5 heteroatoms. The van der Waals surface area contributed by atoms with Crippen LogP contribution in [0, 0.1) is 0 Å². The highest BCUT2D eigenvalue weighted by molar-refractivity contribution is 6.49. The van der Waals surface area contributed by atoms with Gasteiger partial charge in [-0.05, 0) is 40.2 Å². The zero-order valence-corrected chi connectivity index (χ0v) is 11.8. The Balaban J connectivity index is 1.72. The van der Waals surface area contributed by atoms with Gasteiger partial charge in [-0.2, -0.15) is 5.10 Å². The summed E-state index contributed by atoms with van der Waals surface area (Å²) in [6, 6.07) is 2.09. The number of aromatic nitrogens is 2. The summed E-state index contributed by atoms with van der Waals surface area (Å²) in [4.78, 5) is 0. The Kier molecular flexibility index (Phi) is 2.45. The highest BCUT2D eigenvalue weighted by Crippen LogP contribution is 2.58. The second-order valence-corrected chi connectivity index (χ2v) is 6.51. The minimum Gasteiger partial charge on any atom is -0.403 e. The number of rotatable bonds is 2. The maximum Gasteiger partial charge on any atom is 0.461 e. The van der Waals surface area contributed by atoms with Crippen LogP contribution in [0.5, 0.6) is 0 Å². The molecule has 98 valence electrons. The van der Waals surface area contributed by atoms with E-state index >= 15 is 0 Å². The monoisotopic (exact) mass is 248 g/mol. The smallest absolute Gasteiger partial charge is 0.403 e. The minimum absolute atomic E-state index is 0.0742. The van der Waals surface area contributed by atoms with Gasteiger partial charge in [0.25, 0.3) is 0 Å². The second-order valence-electron chi connectivity index (χ2n) is 6.51. The molecule has 1 aliphatic carbocycles. The Morgan fingerprint density at radius 1 is 1.28 bits per heavy atom. The zero-order valence-electron chi connectivity index (χ0n) is 11.8. The number of hydrogen-bond acceptors (Lipinski definition) is 3. The fraction of sp³-hybridized carbons (Fsp3) is 0.769. The van der Waals surface area contributed by atoms with E-state index in [4.69, 9.17) is 9.31 Å². The highest BCUT2D eigenvalue weighted by Gasteiger charge is 2.60. The summed E-state index contributed by atoms with van der Waals surface area (Å²) < 4.78 is 14.2. The molecule has 0 bridgehead atoms. The van der Waals surface area contributed by atoms with E-state index in [0.717, 1.165) is 6.42 Å². The quantitative estimate of drug-likeness (QED) is 0.754. The van der Waals surface area contributed by atoms with E-state index in [9.17, 15) is 0 Å². The molecule has 3 rings (SSSR count). The fourth-order valence-corrected chi connectivity index (χ4v) is 2.67. The SMILES string of the molecule is Cn1nccc1C1CC1B1OC(C)(C)C(C)(C)O1. The molecule has 4 nitrogen and oxygen atoms in total. The number of nitrogens with zero attached hydrogens (tertiary/aromatic N) is 2. The van der Waals surface area contributed by atoms with Crippen molar-refractivity contribution in [3.63, 3.8) is 0 Å². The van der Waals surface area contributed by atoms with Gasteiger partial charge in [0, 0.05) is 30.7 Å². The first kappa shape index (κ1) is 12.2. The summed E-state index contributed by atoms with van der Waals surface area (Å²) in [5.41, 5.74) is 0.837. The van der Waals surface area contributed by atoms with Crippen molar-refractivity contribution in [2.75, 3.05) is 0 Å². The van der Waals surface area contributed by atoms with Crippen LogP contribution in [0.1, 0.15) is 45.7 Å². The van der Waals surface area contributed by atoms with Crippen LogP contribution in [0.4, 0.5) is 0 Å². The molecule has 18 heavy (non-hydrogen) atoms. The summed E-state index contributed by atoms with van der Waals surface area (Å²) in [5.74, 6) is 1.01. The summed E-state index contributed by atoms with van der Waals surface area (Å²) in [5, 5.41) is 4.23. The van der Waals surface area contributed by atoms with Crippen molar-refractivity contribution in [2.24, 2.45) is 7.05 Å². The van der Waals surface area contributed by atoms with Gasteiger partial charge in [0.05, 0.1) is 11.2 Å². The first-order valence-corrected chi connectivity index (χ1v) is 6.65. The average Bonchev–Trinajstić information content (AvgIpc) is 2.86. The van der Waals surface area contributed by atoms with E-state index in [1.165, 1.54) is 5.69 Å². The van der Waals surface area contributed by atoms with E-state index in [-0.39, 0.29) is 18.3 Å². The number of hydrogen-bond donors (Lipinski definition) is 0. The number of aryl methyl sites for hydroxylation is 1. The average molecular weight is 248 g/mol. The van der Waals surface area contributed by atoms with Gasteiger partial charge in [0.2, 0.25) is 0 Å². The molecular weight excluding hydrogens is 227 g/mol. The van der Waals surface area contributed by atoms with Crippen LogP contribution < -0.4 is 0 Å². The van der Waals surface area contributed by atoms with Crippen LogP contribution in [-0.4, -0.2) is 28.1 Å². The largest absolute Gasteiger partial charge is 0.461 e. The summed E-state index contributed by atoms with van der Waals surface area (Å²) >= 11 is 0. The van der Waals surface area contributed by atoms with E-state index in [1.807, 2.05) is 17.9 Å². The van der Waals surface area contributed by atoms with Gasteiger partial charge in [0.1, 0.15) is 0 Å². The molecule has 2 fully saturated rings. The van der Waals surface area contributed by atoms with Crippen LogP contribution in [0.2, 0.25) is 5.82 Å². The molecular formula is C13H21BN2O2. The van der Waals surface area contributed by atoms with E-state index in [2.05, 4.69) is 38.9 Å². The lowest BCUT2D eigenvalue weighted by Crippen LogP contribution is -2.41. The molecule has 2 unspecified atom stereocenters. The van der Waals surface area contributed by atoms with Crippen LogP contribution >= 0.6 is 0 Å². The van der Waals surface area contributed by atoms with Crippen molar-refractivity contribution in [2.45, 2.75) is 57.1 Å². The van der Waals surface area contributed by atoms with Crippen LogP contribution in [0.15, 0.2) is 12.3 Å². The third-order valence-electron chi connectivity index (χ3n) is 4.70. The van der Waals surface area contributed by atoms with Crippen LogP contribution in [0.3, 0.4) is 0 Å². The fourth-order valence-electron chi connectivity index (χ4n) is 2.67. The predicted octanol–water partition coefficient (Wildman–Crippen LogP) is 2.37. The second kappa shape index (κ2) is 3.61. The molecule has 1 saturated heterocycles. The standard InChI is InChI=1S/C13H21BN2O2/c1-12(2)13(3,4)18-14(17-12)10-8-9(10)11-6-7-15-16(11)5/h6-7,9-10H,8H2,1-5H3. The Labute approximate surface area is 109 Å². The molecule has 2 atom stereocenters. The molecule has 1 aromatic heterocycles. The molecule has 0 radical (unpaired) electrons. The molecule has 1 saturated carbocycles. The van der Waals surface area contributed by atoms with Gasteiger partial charge in [-0.25, -0.2) is 0 Å². The van der Waals surface area contributed by atoms with Gasteiger partial charge in [0.15, 0.2) is 0 Å². The van der Waals surface area contributed by atoms with Crippen molar-refractivity contribution in [1.29, 1.82) is 0 Å². The van der Waals surface area contributed by atoms with E-state index in [1.54, 1.807) is 0 Å². The molecule has 0 N–H and O–H groups in total. The topological polar surface area (TPSA) is 36.3 Å². The third kappa shape index (κ3) is 1.72. The Morgan fingerprint density at radius 3 is 2.39 bits per heavy atom. The molecule has 1 aliphatic heterocycles. The van der Waals surface area contributed by atoms with E-state index < -0.39 is 0 Å². The maximum absolute atomic E-state index is 6.10. The van der Waals surface area contributed by atoms with Gasteiger partial charge in [-0.3, -0.25) is 4.68 Å². The molecule has 1 aromatic rings. The Morgan fingerprint density at radius 2 is 1.89 bits per heavy atom. The molecule has 0 spiro atoms. The lowest BCUT2D eigenvalue weighted by atomic mass is 9.80. The maximum atomic E-state index is 6.10. The first-order valence-electron chi connectivity index (χ1n) is 6.65. The van der Waals surface area contributed by atoms with Crippen LogP contribution in [0.25, 0.3) is 0 Å². The normalized spacial score (nSPS) is 32.8. The Bertz CT molecular complexity index is 453. The van der Waals surface area contributed by atoms with Gasteiger partial charge >= 0.3 is 7.12 Å². The summed E-state index contributed by atoms with van der Waals surface area (Å²) in [6.07, 6.45) is 2.99. The lowest BCUT2D eigenvalue weighted by molar-refractivity contribution is 0.00578. The van der Waals surface area contributed by atoms with Crippen molar-refractivity contribution >= 4 is 7.12 Å². The van der Waals surface area contributed by atoms with Crippen molar-refractivity contribution < 1.29 is 9.31 Å². The molecule has 2 aliphatic rings. The molecule has 0 amide bonds. The van der Waals surface area contributed by atoms with Gasteiger partial charge in [-0.15, -0.1) is 0 Å². The first-order chi connectivity index (χ1) is 8.32. The van der Waals surface area contributed by atoms with E-state index in [0.29, 0.717) is 11.7 Å². The zero-order chi connectivity index (χ0) is 13.1. The highest BCUT2D eigenvalue weighted by atomic mass is 16.7.